The third-order valence-electron chi connectivity index (χ3n) is 6.37. The molecule has 176 valence electrons. The maximum Gasteiger partial charge on any atom is 0.258 e. The Morgan fingerprint density at radius 3 is 2.50 bits per heavy atom. The summed E-state index contributed by atoms with van der Waals surface area (Å²) in [5.41, 5.74) is 1.26. The van der Waals surface area contributed by atoms with E-state index in [4.69, 9.17) is 9.72 Å². The van der Waals surface area contributed by atoms with Gasteiger partial charge in [-0.25, -0.2) is 17.7 Å². The topological polar surface area (TPSA) is 106 Å². The normalized spacial score (nSPS) is 19.2. The lowest BCUT2D eigenvalue weighted by Gasteiger charge is -2.30. The molecule has 2 aromatic rings. The van der Waals surface area contributed by atoms with Crippen molar-refractivity contribution in [1.29, 1.82) is 0 Å². The Morgan fingerprint density at radius 1 is 1.19 bits per heavy atom. The van der Waals surface area contributed by atoms with Crippen LogP contribution < -0.4 is 10.9 Å². The zero-order chi connectivity index (χ0) is 22.9. The second-order valence-electron chi connectivity index (χ2n) is 9.20. The van der Waals surface area contributed by atoms with Gasteiger partial charge in [0.2, 0.25) is 16.0 Å². The molecule has 2 fully saturated rings. The number of hydrogen-bond acceptors (Lipinski definition) is 7. The van der Waals surface area contributed by atoms with Crippen molar-refractivity contribution in [3.8, 4) is 0 Å². The van der Waals surface area contributed by atoms with E-state index in [0.29, 0.717) is 43.1 Å². The summed E-state index contributed by atoms with van der Waals surface area (Å²) in [7, 11) is -3.16. The number of hydrogen-bond donors (Lipinski definition) is 1. The van der Waals surface area contributed by atoms with Crippen molar-refractivity contribution in [2.24, 2.45) is 0 Å². The van der Waals surface area contributed by atoms with E-state index in [2.05, 4.69) is 10.3 Å². The van der Waals surface area contributed by atoms with E-state index in [1.165, 1.54) is 10.6 Å². The molecule has 32 heavy (non-hydrogen) atoms. The van der Waals surface area contributed by atoms with Crippen molar-refractivity contribution in [2.45, 2.75) is 77.2 Å². The number of piperidine rings is 1. The number of nitrogens with zero attached hydrogens (tertiary/aromatic N) is 4. The average molecular weight is 464 g/mol. The van der Waals surface area contributed by atoms with Crippen LogP contribution in [0.4, 0.5) is 5.95 Å². The van der Waals surface area contributed by atoms with Crippen LogP contribution >= 0.6 is 0 Å². The summed E-state index contributed by atoms with van der Waals surface area (Å²) in [6.45, 7) is 5.15. The number of anilines is 1. The van der Waals surface area contributed by atoms with Gasteiger partial charge in [-0.1, -0.05) is 12.8 Å². The van der Waals surface area contributed by atoms with Crippen LogP contribution in [0, 0.1) is 0 Å². The summed E-state index contributed by atoms with van der Waals surface area (Å²) in [4.78, 5) is 22.6. The lowest BCUT2D eigenvalue weighted by Crippen LogP contribution is -2.42. The highest BCUT2D eigenvalue weighted by Crippen LogP contribution is 2.31. The molecule has 2 aliphatic rings. The smallest absolute Gasteiger partial charge is 0.258 e. The molecule has 0 spiro atoms. The summed E-state index contributed by atoms with van der Waals surface area (Å²) in [6, 6.07) is 2.08. The Labute approximate surface area is 189 Å². The summed E-state index contributed by atoms with van der Waals surface area (Å²) < 4.78 is 32.6. The maximum atomic E-state index is 13.4. The van der Waals surface area contributed by atoms with Crippen molar-refractivity contribution in [1.82, 2.24) is 18.8 Å². The minimum atomic E-state index is -3.16. The van der Waals surface area contributed by atoms with Gasteiger partial charge in [-0.15, -0.1) is 0 Å². The third-order valence-corrected chi connectivity index (χ3v) is 7.67. The third kappa shape index (κ3) is 5.13. The highest BCUT2D eigenvalue weighted by Gasteiger charge is 2.26. The summed E-state index contributed by atoms with van der Waals surface area (Å²) >= 11 is 0. The number of pyridine rings is 1. The number of fused-ring (bicyclic) bond motifs is 1. The molecule has 0 bridgehead atoms. The molecule has 9 nitrogen and oxygen atoms in total. The molecule has 1 aliphatic carbocycles. The molecule has 0 atom stereocenters. The van der Waals surface area contributed by atoms with E-state index < -0.39 is 10.0 Å². The second kappa shape index (κ2) is 9.44. The first-order chi connectivity index (χ1) is 15.2. The largest absolute Gasteiger partial charge is 0.374 e. The van der Waals surface area contributed by atoms with E-state index in [1.807, 2.05) is 24.5 Å². The Hall–Kier alpha value is -2.04. The van der Waals surface area contributed by atoms with Crippen LogP contribution in [0.15, 0.2) is 17.1 Å². The van der Waals surface area contributed by atoms with Crippen molar-refractivity contribution < 1.29 is 13.2 Å². The minimum Gasteiger partial charge on any atom is -0.374 e. The molecular formula is C22H33N5O4S. The van der Waals surface area contributed by atoms with E-state index in [-0.39, 0.29) is 30.4 Å². The number of ether oxygens (including phenoxy) is 1. The molecular weight excluding hydrogens is 430 g/mol. The minimum absolute atomic E-state index is 0.0313. The molecule has 4 rings (SSSR count). The standard InChI is InChI=1S/C22H33N5O4S/c1-15(2)31-14-17-12-16-13-23-22(24-18-8-10-26(11-9-18)32(3,29)30)25-20(16)27(21(17)28)19-6-4-5-7-19/h12-13,15,18-19H,4-11,14H2,1-3H3,(H,23,24,25). The zero-order valence-electron chi connectivity index (χ0n) is 19.1. The van der Waals surface area contributed by atoms with Gasteiger partial charge in [-0.2, -0.15) is 4.98 Å². The van der Waals surface area contributed by atoms with E-state index >= 15 is 0 Å². The SMILES string of the molecule is CC(C)OCc1cc2cnc(NC3CCN(S(C)(=O)=O)CC3)nc2n(C2CCCC2)c1=O. The van der Waals surface area contributed by atoms with Crippen molar-refractivity contribution in [3.05, 3.63) is 28.2 Å². The molecule has 2 aromatic heterocycles. The Bertz CT molecular complexity index is 1120. The predicted octanol–water partition coefficient (Wildman–Crippen LogP) is 2.67. The van der Waals surface area contributed by atoms with Crippen molar-refractivity contribution in [3.63, 3.8) is 0 Å². The number of rotatable bonds is 7. The van der Waals surface area contributed by atoms with Gasteiger partial charge < -0.3 is 10.1 Å². The lowest BCUT2D eigenvalue weighted by molar-refractivity contribution is 0.0648. The van der Waals surface area contributed by atoms with Crippen LogP contribution in [-0.4, -0.2) is 58.7 Å². The molecule has 10 heteroatoms. The summed E-state index contributed by atoms with van der Waals surface area (Å²) in [6.07, 6.45) is 8.60. The first-order valence-electron chi connectivity index (χ1n) is 11.5. The predicted molar refractivity (Wildman–Crippen MR) is 124 cm³/mol. The molecule has 0 unspecified atom stereocenters. The maximum absolute atomic E-state index is 13.4. The van der Waals surface area contributed by atoms with Gasteiger partial charge in [0.05, 0.1) is 19.0 Å². The number of nitrogens with one attached hydrogen (secondary N) is 1. The fraction of sp³-hybridized carbons (Fsp3) is 0.682. The lowest BCUT2D eigenvalue weighted by atomic mass is 10.1. The monoisotopic (exact) mass is 463 g/mol. The van der Waals surface area contributed by atoms with Crippen LogP contribution in [0.3, 0.4) is 0 Å². The van der Waals surface area contributed by atoms with Gasteiger partial charge in [-0.3, -0.25) is 9.36 Å². The Kier molecular flexibility index (Phi) is 6.83. The fourth-order valence-electron chi connectivity index (χ4n) is 4.62. The molecule has 3 heterocycles. The second-order valence-corrected chi connectivity index (χ2v) is 11.2. The molecule has 1 N–H and O–H groups in total. The fourth-order valence-corrected chi connectivity index (χ4v) is 5.50. The summed E-state index contributed by atoms with van der Waals surface area (Å²) in [5, 5.41) is 4.18. The highest BCUT2D eigenvalue weighted by molar-refractivity contribution is 7.88. The Morgan fingerprint density at radius 2 is 1.88 bits per heavy atom. The first kappa shape index (κ1) is 23.1. The van der Waals surface area contributed by atoms with Gasteiger partial charge in [0.1, 0.15) is 5.65 Å². The van der Waals surface area contributed by atoms with Crippen molar-refractivity contribution >= 4 is 27.0 Å². The van der Waals surface area contributed by atoms with Crippen LogP contribution in [0.25, 0.3) is 11.0 Å². The van der Waals surface area contributed by atoms with E-state index in [0.717, 1.165) is 31.1 Å². The molecule has 1 aliphatic heterocycles. The van der Waals surface area contributed by atoms with Crippen molar-refractivity contribution in [2.75, 3.05) is 24.7 Å². The highest BCUT2D eigenvalue weighted by atomic mass is 32.2. The molecule has 0 amide bonds. The summed E-state index contributed by atoms with van der Waals surface area (Å²) in [5.74, 6) is 0.479. The van der Waals surface area contributed by atoms with Crippen LogP contribution in [0.5, 0.6) is 0 Å². The van der Waals surface area contributed by atoms with Gasteiger partial charge in [0.15, 0.2) is 0 Å². The number of sulfonamides is 1. The van der Waals surface area contributed by atoms with Gasteiger partial charge in [0.25, 0.3) is 5.56 Å². The first-order valence-corrected chi connectivity index (χ1v) is 13.3. The Balaban J connectivity index is 1.62. The zero-order valence-corrected chi connectivity index (χ0v) is 19.9. The van der Waals surface area contributed by atoms with E-state index in [9.17, 15) is 13.2 Å². The number of aromatic nitrogens is 3. The van der Waals surface area contributed by atoms with Crippen LogP contribution in [0.1, 0.15) is 64.0 Å². The molecule has 0 radical (unpaired) electrons. The molecule has 0 aromatic carbocycles. The van der Waals surface area contributed by atoms with Crippen LogP contribution in [0.2, 0.25) is 0 Å². The average Bonchev–Trinajstić information content (AvgIpc) is 3.26. The van der Waals surface area contributed by atoms with Gasteiger partial charge >= 0.3 is 0 Å². The van der Waals surface area contributed by atoms with Crippen LogP contribution in [-0.2, 0) is 21.4 Å². The van der Waals surface area contributed by atoms with E-state index in [1.54, 1.807) is 6.20 Å². The molecule has 1 saturated heterocycles. The quantitative estimate of drug-likeness (QED) is 0.673. The van der Waals surface area contributed by atoms with Gasteiger partial charge in [0, 0.05) is 42.3 Å². The molecule has 1 saturated carbocycles. The van der Waals surface area contributed by atoms with Gasteiger partial charge in [-0.05, 0) is 45.6 Å².